The molecule has 0 radical (unpaired) electrons. The van der Waals surface area contributed by atoms with Gasteiger partial charge in [0.1, 0.15) is 6.61 Å². The highest BCUT2D eigenvalue weighted by Gasteiger charge is 2.49. The molecule has 5 nitrogen and oxygen atoms in total. The van der Waals surface area contributed by atoms with E-state index >= 15 is 0 Å². The molecule has 1 unspecified atom stereocenters. The monoisotopic (exact) mass is 322 g/mol. The van der Waals surface area contributed by atoms with E-state index in [0.717, 1.165) is 51.6 Å². The molecule has 0 aromatic carbocycles. The van der Waals surface area contributed by atoms with E-state index in [9.17, 15) is 9.59 Å². The van der Waals surface area contributed by atoms with Crippen molar-refractivity contribution < 1.29 is 14.3 Å². The van der Waals surface area contributed by atoms with Gasteiger partial charge in [0, 0.05) is 24.4 Å². The highest BCUT2D eigenvalue weighted by Crippen LogP contribution is 2.50. The number of likely N-dealkylation sites (tertiary alicyclic amines) is 1. The number of rotatable bonds is 4. The van der Waals surface area contributed by atoms with E-state index in [1.54, 1.807) is 0 Å². The predicted molar refractivity (Wildman–Crippen MR) is 87.6 cm³/mol. The lowest BCUT2D eigenvalue weighted by Crippen LogP contribution is -2.55. The van der Waals surface area contributed by atoms with Gasteiger partial charge in [-0.05, 0) is 38.5 Å². The van der Waals surface area contributed by atoms with Crippen molar-refractivity contribution in [3.63, 3.8) is 0 Å². The molecule has 2 aliphatic carbocycles. The molecule has 3 aliphatic rings. The van der Waals surface area contributed by atoms with Crippen LogP contribution in [0.1, 0.15) is 64.2 Å². The maximum Gasteiger partial charge on any atom is 0.243 e. The standard InChI is InChI=1S/C18H30N2O3/c19-16(21)13-23-15-7-8-18(15)9-11-20(12-10-18)17(22)14-5-3-1-2-4-6-14/h14-15H,1-13H2,(H2,19,21). The summed E-state index contributed by atoms with van der Waals surface area (Å²) in [5.74, 6) is 0.249. The van der Waals surface area contributed by atoms with Crippen LogP contribution < -0.4 is 5.73 Å². The van der Waals surface area contributed by atoms with Crippen LogP contribution in [0.4, 0.5) is 0 Å². The predicted octanol–water partition coefficient (Wildman–Crippen LogP) is 2.23. The van der Waals surface area contributed by atoms with E-state index in [0.29, 0.717) is 5.91 Å². The van der Waals surface area contributed by atoms with Crippen molar-refractivity contribution in [2.24, 2.45) is 17.1 Å². The summed E-state index contributed by atoms with van der Waals surface area (Å²) in [5.41, 5.74) is 5.37. The number of ether oxygens (including phenoxy) is 1. The third-order valence-corrected chi connectivity index (χ3v) is 6.29. The molecule has 5 heteroatoms. The van der Waals surface area contributed by atoms with Gasteiger partial charge in [-0.3, -0.25) is 9.59 Å². The topological polar surface area (TPSA) is 72.6 Å². The molecule has 2 N–H and O–H groups in total. The molecule has 1 spiro atoms. The van der Waals surface area contributed by atoms with Crippen molar-refractivity contribution in [1.29, 1.82) is 0 Å². The first-order valence-corrected chi connectivity index (χ1v) is 9.29. The van der Waals surface area contributed by atoms with Crippen LogP contribution in [0.15, 0.2) is 0 Å². The van der Waals surface area contributed by atoms with Gasteiger partial charge in [-0.1, -0.05) is 25.7 Å². The Balaban J connectivity index is 1.49. The Morgan fingerprint density at radius 2 is 1.65 bits per heavy atom. The molecule has 1 atom stereocenters. The van der Waals surface area contributed by atoms with Gasteiger partial charge in [-0.25, -0.2) is 0 Å². The Morgan fingerprint density at radius 1 is 1.00 bits per heavy atom. The number of amides is 2. The van der Waals surface area contributed by atoms with Crippen molar-refractivity contribution in [1.82, 2.24) is 4.90 Å². The molecule has 3 rings (SSSR count). The summed E-state index contributed by atoms with van der Waals surface area (Å²) in [6, 6.07) is 0. The van der Waals surface area contributed by atoms with Crippen LogP contribution in [0.25, 0.3) is 0 Å². The summed E-state index contributed by atoms with van der Waals surface area (Å²) in [6.45, 7) is 1.73. The second-order valence-electron chi connectivity index (χ2n) is 7.68. The van der Waals surface area contributed by atoms with E-state index in [-0.39, 0.29) is 24.0 Å². The van der Waals surface area contributed by atoms with Crippen LogP contribution in [0, 0.1) is 11.3 Å². The number of carbonyl (C=O) groups excluding carboxylic acids is 2. The Kier molecular flexibility index (Phi) is 5.24. The van der Waals surface area contributed by atoms with E-state index < -0.39 is 5.91 Å². The summed E-state index contributed by atoms with van der Waals surface area (Å²) in [5, 5.41) is 0. The normalized spacial score (nSPS) is 28.2. The van der Waals surface area contributed by atoms with Gasteiger partial charge in [-0.15, -0.1) is 0 Å². The summed E-state index contributed by atoms with van der Waals surface area (Å²) in [4.78, 5) is 25.7. The molecular formula is C18H30N2O3. The third kappa shape index (κ3) is 3.70. The summed E-state index contributed by atoms with van der Waals surface area (Å²) < 4.78 is 5.68. The molecule has 23 heavy (non-hydrogen) atoms. The number of nitrogens with two attached hydrogens (primary N) is 1. The summed E-state index contributed by atoms with van der Waals surface area (Å²) in [7, 11) is 0. The molecule has 0 bridgehead atoms. The fourth-order valence-electron chi connectivity index (χ4n) is 4.64. The van der Waals surface area contributed by atoms with Crippen LogP contribution in [0.2, 0.25) is 0 Å². The zero-order chi connectivity index (χ0) is 16.3. The van der Waals surface area contributed by atoms with E-state index in [1.807, 2.05) is 0 Å². The van der Waals surface area contributed by atoms with Gasteiger partial charge in [0.05, 0.1) is 6.10 Å². The van der Waals surface area contributed by atoms with E-state index in [1.165, 1.54) is 25.7 Å². The number of carbonyl (C=O) groups is 2. The first-order valence-electron chi connectivity index (χ1n) is 9.29. The maximum absolute atomic E-state index is 12.8. The number of piperidine rings is 1. The SMILES string of the molecule is NC(=O)COC1CCC12CCN(C(=O)C1CCCCCC1)CC2. The lowest BCUT2D eigenvalue weighted by Gasteiger charge is -2.53. The molecular weight excluding hydrogens is 292 g/mol. The first kappa shape index (κ1) is 16.7. The molecule has 0 aromatic heterocycles. The molecule has 2 saturated carbocycles. The van der Waals surface area contributed by atoms with Crippen molar-refractivity contribution in [2.75, 3.05) is 19.7 Å². The van der Waals surface area contributed by atoms with Crippen molar-refractivity contribution >= 4 is 11.8 Å². The second-order valence-corrected chi connectivity index (χ2v) is 7.68. The number of primary amides is 1. The Hall–Kier alpha value is -1.10. The second kappa shape index (κ2) is 7.20. The minimum atomic E-state index is -0.395. The number of nitrogens with zero attached hydrogens (tertiary/aromatic N) is 1. The average molecular weight is 322 g/mol. The quantitative estimate of drug-likeness (QED) is 0.807. The van der Waals surface area contributed by atoms with Gasteiger partial charge in [0.2, 0.25) is 11.8 Å². The highest BCUT2D eigenvalue weighted by molar-refractivity contribution is 5.79. The van der Waals surface area contributed by atoms with Gasteiger partial charge in [0.25, 0.3) is 0 Å². The smallest absolute Gasteiger partial charge is 0.243 e. The van der Waals surface area contributed by atoms with Crippen LogP contribution in [0.5, 0.6) is 0 Å². The Labute approximate surface area is 138 Å². The van der Waals surface area contributed by atoms with Crippen LogP contribution in [-0.4, -0.2) is 42.5 Å². The van der Waals surface area contributed by atoms with Gasteiger partial charge < -0.3 is 15.4 Å². The summed E-state index contributed by atoms with van der Waals surface area (Å²) >= 11 is 0. The highest BCUT2D eigenvalue weighted by atomic mass is 16.5. The zero-order valence-corrected chi connectivity index (χ0v) is 14.1. The number of hydrogen-bond donors (Lipinski definition) is 1. The minimum absolute atomic E-state index is 0.0249. The van der Waals surface area contributed by atoms with Gasteiger partial charge in [-0.2, -0.15) is 0 Å². The van der Waals surface area contributed by atoms with Crippen LogP contribution >= 0.6 is 0 Å². The van der Waals surface area contributed by atoms with Crippen molar-refractivity contribution in [2.45, 2.75) is 70.3 Å². The minimum Gasteiger partial charge on any atom is -0.368 e. The average Bonchev–Trinajstić information content (AvgIpc) is 2.82. The van der Waals surface area contributed by atoms with E-state index in [2.05, 4.69) is 4.90 Å². The number of hydrogen-bond acceptors (Lipinski definition) is 3. The molecule has 130 valence electrons. The molecule has 1 heterocycles. The van der Waals surface area contributed by atoms with Gasteiger partial charge >= 0.3 is 0 Å². The molecule has 1 saturated heterocycles. The third-order valence-electron chi connectivity index (χ3n) is 6.29. The molecule has 3 fully saturated rings. The fraction of sp³-hybridized carbons (Fsp3) is 0.889. The fourth-order valence-corrected chi connectivity index (χ4v) is 4.64. The van der Waals surface area contributed by atoms with Crippen molar-refractivity contribution in [3.8, 4) is 0 Å². The molecule has 2 amide bonds. The molecule has 0 aromatic rings. The van der Waals surface area contributed by atoms with Crippen molar-refractivity contribution in [3.05, 3.63) is 0 Å². The Morgan fingerprint density at radius 3 is 2.17 bits per heavy atom. The maximum atomic E-state index is 12.8. The van der Waals surface area contributed by atoms with Crippen LogP contribution in [-0.2, 0) is 14.3 Å². The Bertz CT molecular complexity index is 436. The zero-order valence-electron chi connectivity index (χ0n) is 14.1. The van der Waals surface area contributed by atoms with Crippen LogP contribution in [0.3, 0.4) is 0 Å². The lowest BCUT2D eigenvalue weighted by atomic mass is 9.60. The summed E-state index contributed by atoms with van der Waals surface area (Å²) in [6.07, 6.45) is 11.5. The lowest BCUT2D eigenvalue weighted by molar-refractivity contribution is -0.157. The van der Waals surface area contributed by atoms with E-state index in [4.69, 9.17) is 10.5 Å². The van der Waals surface area contributed by atoms with Gasteiger partial charge in [0.15, 0.2) is 0 Å². The largest absolute Gasteiger partial charge is 0.368 e. The molecule has 1 aliphatic heterocycles. The first-order chi connectivity index (χ1) is 11.1.